The number of nitrogens with two attached hydrogens (primary N) is 2. The van der Waals surface area contributed by atoms with Gasteiger partial charge < -0.3 is 52.3 Å². The normalized spacial score (nSPS) is 12.2. The van der Waals surface area contributed by atoms with Crippen LogP contribution in [0.1, 0.15) is 374 Å². The maximum Gasteiger partial charge on any atom is 0.315 e. The molecule has 0 fully saturated rings. The summed E-state index contributed by atoms with van der Waals surface area (Å²) in [7, 11) is 0. The highest BCUT2D eigenvalue weighted by molar-refractivity contribution is 5.84. The first kappa shape index (κ1) is 103. The molecule has 14 heteroatoms. The maximum absolute atomic E-state index is 13.7. The molecule has 6 amide bonds. The Morgan fingerprint density at radius 1 is 0.231 bits per heavy atom. The third kappa shape index (κ3) is 77.9. The van der Waals surface area contributed by atoms with Crippen molar-refractivity contribution >= 4 is 23.9 Å². The van der Waals surface area contributed by atoms with Crippen molar-refractivity contribution < 1.29 is 19.2 Å². The van der Waals surface area contributed by atoms with E-state index in [0.717, 1.165) is 207 Å². The third-order valence-electron chi connectivity index (χ3n) is 20.4. The highest BCUT2D eigenvalue weighted by Gasteiger charge is 2.17. The van der Waals surface area contributed by atoms with Gasteiger partial charge in [-0.1, -0.05) is 279 Å². The van der Waals surface area contributed by atoms with Gasteiger partial charge in [0.1, 0.15) is 0 Å². The summed E-state index contributed by atoms with van der Waals surface area (Å²) in [6, 6.07) is -0.571. The molecule has 0 saturated carbocycles. The Labute approximate surface area is 668 Å². The molecule has 0 rings (SSSR count). The standard InChI is InChI=1S/C94H176N10O4/c1-5-9-13-17-21-25-29-33-37-41-45-49-53-57-61-65-85-103(86-66-62-58-54-50-46-42-38-34-30-26-22-18-14-10-6-2)91(105)89-99-93(107)97-77-73-83-101(81-71-75-95)79-69-70-80-102(82-72-76-96)84-74-78-98-94(108)100-90-92(106)104(87-67-63-59-55-51-47-43-39-35-31-27-23-19-15-11-7-3)88-68-64-60-56-52-48-44-40-36-32-28-24-20-16-12-8-4/h21-28,33-40H,5-20,29-32,41-90,95-96H2,1-4H3,(H2,97,99,107)(H2,98,100,108). The summed E-state index contributed by atoms with van der Waals surface area (Å²) >= 11 is 0. The number of amides is 6. The molecule has 14 nitrogen and oxygen atoms in total. The minimum absolute atomic E-state index is 0.0114. The molecule has 0 unspecified atom stereocenters. The molecule has 0 aromatic carbocycles. The van der Waals surface area contributed by atoms with Crippen LogP contribution in [-0.2, 0) is 9.59 Å². The lowest BCUT2D eigenvalue weighted by atomic mass is 10.1. The van der Waals surface area contributed by atoms with E-state index in [0.29, 0.717) is 26.2 Å². The van der Waals surface area contributed by atoms with Crippen LogP contribution in [0.2, 0.25) is 0 Å². The zero-order valence-corrected chi connectivity index (χ0v) is 71.3. The number of nitrogens with zero attached hydrogens (tertiary/aromatic N) is 4. The molecule has 0 saturated heterocycles. The second-order valence-corrected chi connectivity index (χ2v) is 30.7. The van der Waals surface area contributed by atoms with E-state index in [1.807, 2.05) is 9.80 Å². The molecule has 0 aliphatic carbocycles. The largest absolute Gasteiger partial charge is 0.341 e. The van der Waals surface area contributed by atoms with Crippen molar-refractivity contribution in [3.8, 4) is 0 Å². The molecule has 0 heterocycles. The minimum Gasteiger partial charge on any atom is -0.341 e. The van der Waals surface area contributed by atoms with Crippen LogP contribution in [-0.4, -0.2) is 148 Å². The van der Waals surface area contributed by atoms with E-state index < -0.39 is 0 Å². The smallest absolute Gasteiger partial charge is 0.315 e. The summed E-state index contributed by atoms with van der Waals surface area (Å²) < 4.78 is 0. The van der Waals surface area contributed by atoms with E-state index in [4.69, 9.17) is 11.5 Å². The lowest BCUT2D eigenvalue weighted by Crippen LogP contribution is -2.45. The fourth-order valence-corrected chi connectivity index (χ4v) is 13.5. The van der Waals surface area contributed by atoms with Crippen LogP contribution in [0, 0.1) is 0 Å². The minimum atomic E-state index is -0.286. The predicted molar refractivity (Wildman–Crippen MR) is 472 cm³/mol. The van der Waals surface area contributed by atoms with Crippen LogP contribution in [0.4, 0.5) is 9.59 Å². The lowest BCUT2D eigenvalue weighted by molar-refractivity contribution is -0.131. The second-order valence-electron chi connectivity index (χ2n) is 30.7. The van der Waals surface area contributed by atoms with E-state index in [-0.39, 0.29) is 37.0 Å². The monoisotopic (exact) mass is 1510 g/mol. The van der Waals surface area contributed by atoms with E-state index in [1.165, 1.54) is 205 Å². The van der Waals surface area contributed by atoms with Gasteiger partial charge in [0, 0.05) is 39.3 Å². The van der Waals surface area contributed by atoms with Crippen molar-refractivity contribution in [2.24, 2.45) is 11.5 Å². The molecular formula is C94H176N10O4. The molecule has 108 heavy (non-hydrogen) atoms. The van der Waals surface area contributed by atoms with Gasteiger partial charge in [0.2, 0.25) is 11.8 Å². The fraction of sp³-hybridized carbons (Fsp3) is 0.787. The van der Waals surface area contributed by atoms with Gasteiger partial charge in [0.05, 0.1) is 13.1 Å². The van der Waals surface area contributed by atoms with E-state index in [2.05, 4.69) is 156 Å². The molecule has 626 valence electrons. The van der Waals surface area contributed by atoms with Gasteiger partial charge in [0.15, 0.2) is 0 Å². The van der Waals surface area contributed by atoms with Gasteiger partial charge in [-0.15, -0.1) is 0 Å². The van der Waals surface area contributed by atoms with Crippen molar-refractivity contribution in [1.29, 1.82) is 0 Å². The predicted octanol–water partition coefficient (Wildman–Crippen LogP) is 23.4. The Balaban J connectivity index is 5.07. The first-order valence-corrected chi connectivity index (χ1v) is 45.9. The van der Waals surface area contributed by atoms with E-state index >= 15 is 0 Å². The SMILES string of the molecule is CCCCCC=CCC=CCCCCCCCCN(CCCCCCCCC=CCC=CCCCCC)C(=O)CNC(=O)NCCCN(CCCN)CCCCN(CCCN)CCCNC(=O)NCC(=O)N(CCCCCCCCC=CCC=CCCCCC)CCCCCCCCC=CCC=CCCCCC. The molecule has 0 atom stereocenters. The Morgan fingerprint density at radius 2 is 0.435 bits per heavy atom. The van der Waals surface area contributed by atoms with E-state index in [9.17, 15) is 19.2 Å². The summed E-state index contributed by atoms with van der Waals surface area (Å²) in [5.74, 6) is 0.0229. The van der Waals surface area contributed by atoms with Gasteiger partial charge in [-0.25, -0.2) is 9.59 Å². The molecule has 0 radical (unpaired) electrons. The summed E-state index contributed by atoms with van der Waals surface area (Å²) in [4.78, 5) is 62.5. The van der Waals surface area contributed by atoms with Gasteiger partial charge in [0.25, 0.3) is 0 Å². The van der Waals surface area contributed by atoms with Gasteiger partial charge in [-0.2, -0.15) is 0 Å². The number of allylic oxidation sites excluding steroid dienone is 16. The zero-order valence-electron chi connectivity index (χ0n) is 71.3. The molecular weight excluding hydrogens is 1330 g/mol. The van der Waals surface area contributed by atoms with Gasteiger partial charge in [-0.3, -0.25) is 9.59 Å². The molecule has 0 aromatic heterocycles. The number of carbonyl (C=O) groups excluding carboxylic acids is 4. The molecule has 0 aromatic rings. The maximum atomic E-state index is 13.7. The van der Waals surface area contributed by atoms with Crippen molar-refractivity contribution in [1.82, 2.24) is 40.9 Å². The van der Waals surface area contributed by atoms with Gasteiger partial charge >= 0.3 is 12.1 Å². The number of nitrogens with one attached hydrogen (secondary N) is 4. The molecule has 0 spiro atoms. The number of hydrogen-bond acceptors (Lipinski definition) is 8. The summed E-state index contributed by atoms with van der Waals surface area (Å²) in [6.45, 7) is 19.8. The average Bonchev–Trinajstić information content (AvgIpc) is 0.985. The molecule has 8 N–H and O–H groups in total. The second kappa shape index (κ2) is 87.8. The highest BCUT2D eigenvalue weighted by atomic mass is 16.2. The van der Waals surface area contributed by atoms with Crippen LogP contribution < -0.4 is 32.7 Å². The lowest BCUT2D eigenvalue weighted by Gasteiger charge is -2.25. The van der Waals surface area contributed by atoms with Crippen LogP contribution in [0.3, 0.4) is 0 Å². The number of unbranched alkanes of at least 4 members (excludes halogenated alkanes) is 37. The summed E-state index contributed by atoms with van der Waals surface area (Å²) in [6.07, 6.45) is 100.0. The van der Waals surface area contributed by atoms with Crippen LogP contribution in [0.5, 0.6) is 0 Å². The van der Waals surface area contributed by atoms with Crippen molar-refractivity contribution in [3.63, 3.8) is 0 Å². The Bertz CT molecular complexity index is 1950. The zero-order chi connectivity index (χ0) is 78.3. The first-order chi connectivity index (χ1) is 53.3. The van der Waals surface area contributed by atoms with Crippen LogP contribution in [0.15, 0.2) is 97.2 Å². The molecule has 0 bridgehead atoms. The highest BCUT2D eigenvalue weighted by Crippen LogP contribution is 2.16. The third-order valence-corrected chi connectivity index (χ3v) is 20.4. The number of hydrogen-bond donors (Lipinski definition) is 6. The van der Waals surface area contributed by atoms with Gasteiger partial charge in [-0.05, 0) is 245 Å². The number of carbonyl (C=O) groups is 4. The number of urea groups is 2. The van der Waals surface area contributed by atoms with E-state index in [1.54, 1.807) is 0 Å². The Kier molecular flexibility index (Phi) is 83.9. The van der Waals surface area contributed by atoms with Crippen molar-refractivity contribution in [2.45, 2.75) is 374 Å². The van der Waals surface area contributed by atoms with Crippen molar-refractivity contribution in [2.75, 3.05) is 105 Å². The van der Waals surface area contributed by atoms with Crippen LogP contribution in [0.25, 0.3) is 0 Å². The Morgan fingerprint density at radius 3 is 0.676 bits per heavy atom. The van der Waals surface area contributed by atoms with Crippen LogP contribution >= 0.6 is 0 Å². The average molecular weight is 1510 g/mol. The fourth-order valence-electron chi connectivity index (χ4n) is 13.5. The van der Waals surface area contributed by atoms with Crippen molar-refractivity contribution in [3.05, 3.63) is 97.2 Å². The molecule has 0 aliphatic rings. The summed E-state index contributed by atoms with van der Waals surface area (Å²) in [5, 5.41) is 11.9. The topological polar surface area (TPSA) is 181 Å². The number of rotatable bonds is 83. The Hall–Kier alpha value is -4.76. The quantitative estimate of drug-likeness (QED) is 0.0257. The molecule has 0 aliphatic heterocycles. The summed E-state index contributed by atoms with van der Waals surface area (Å²) in [5.41, 5.74) is 12.0. The first-order valence-electron chi connectivity index (χ1n) is 45.9.